The van der Waals surface area contributed by atoms with Crippen molar-refractivity contribution in [2.75, 3.05) is 26.4 Å². The van der Waals surface area contributed by atoms with Crippen LogP contribution in [-0.2, 0) is 9.59 Å². The van der Waals surface area contributed by atoms with Crippen molar-refractivity contribution in [3.05, 3.63) is 0 Å². The third kappa shape index (κ3) is 18.7. The minimum atomic E-state index is -1.21. The molecular weight excluding hydrogens is 324 g/mol. The summed E-state index contributed by atoms with van der Waals surface area (Å²) in [5.74, 6) is -1.90. The lowest BCUT2D eigenvalue weighted by Gasteiger charge is -2.20. The van der Waals surface area contributed by atoms with E-state index in [-0.39, 0.29) is 0 Å². The van der Waals surface area contributed by atoms with E-state index in [0.717, 1.165) is 12.8 Å². The lowest BCUT2D eigenvalue weighted by Crippen LogP contribution is -2.50. The van der Waals surface area contributed by atoms with E-state index in [0.29, 0.717) is 13.0 Å². The molecule has 0 aliphatic rings. The van der Waals surface area contributed by atoms with Gasteiger partial charge in [0.25, 0.3) is 0 Å². The normalized spacial score (nSPS) is 12.8. The number of nitrogens with two attached hydrogens (primary N) is 4. The predicted octanol–water partition coefficient (Wildman–Crippen LogP) is -3.39. The number of carbonyl (C=O) groups is 2. The minimum absolute atomic E-state index is 0.403. The zero-order chi connectivity index (χ0) is 19.8. The van der Waals surface area contributed by atoms with Gasteiger partial charge in [0.1, 0.15) is 12.1 Å². The van der Waals surface area contributed by atoms with Crippen molar-refractivity contribution in [1.29, 1.82) is 0 Å². The summed E-state index contributed by atoms with van der Waals surface area (Å²) < 4.78 is 0. The molecule has 13 N–H and O–H groups in total. The summed E-state index contributed by atoms with van der Waals surface area (Å²) in [6, 6.07) is -1.45. The Kier molecular flexibility index (Phi) is 18.9. The van der Waals surface area contributed by atoms with E-state index in [1.807, 2.05) is 0 Å². The van der Waals surface area contributed by atoms with Gasteiger partial charge >= 0.3 is 11.9 Å². The van der Waals surface area contributed by atoms with Crippen LogP contribution < -0.4 is 22.9 Å². The van der Waals surface area contributed by atoms with Crippen LogP contribution in [0.2, 0.25) is 0 Å². The molecule has 0 amide bonds. The van der Waals surface area contributed by atoms with Gasteiger partial charge in [-0.2, -0.15) is 0 Å². The summed E-state index contributed by atoms with van der Waals surface area (Å²) in [5.41, 5.74) is 19.2. The molecule has 0 bridgehead atoms. The van der Waals surface area contributed by atoms with Gasteiger partial charge in [-0.15, -0.1) is 0 Å². The van der Waals surface area contributed by atoms with Crippen LogP contribution in [0.4, 0.5) is 0 Å². The molecule has 0 aromatic carbocycles. The molecule has 0 unspecified atom stereocenters. The number of aliphatic carboxylic acids is 2. The van der Waals surface area contributed by atoms with Crippen LogP contribution in [0.15, 0.2) is 0 Å². The Morgan fingerprint density at radius 1 is 0.958 bits per heavy atom. The Bertz CT molecular complexity index is 317. The maximum atomic E-state index is 10.1. The molecule has 0 rings (SSSR count). The van der Waals surface area contributed by atoms with Crippen LogP contribution >= 0.6 is 0 Å². The molecule has 0 saturated heterocycles. The maximum absolute atomic E-state index is 10.1. The lowest BCUT2D eigenvalue weighted by atomic mass is 10.1. The average Bonchev–Trinajstić information content (AvgIpc) is 2.55. The quantitative estimate of drug-likeness (QED) is 0.184. The largest absolute Gasteiger partial charge is 0.480 e. The predicted molar refractivity (Wildman–Crippen MR) is 88.0 cm³/mol. The van der Waals surface area contributed by atoms with Gasteiger partial charge in [0.15, 0.2) is 0 Å². The van der Waals surface area contributed by atoms with E-state index in [2.05, 4.69) is 0 Å². The number of aliphatic hydroxyl groups is 3. The van der Waals surface area contributed by atoms with Crippen molar-refractivity contribution in [2.45, 2.75) is 43.8 Å². The highest BCUT2D eigenvalue weighted by Gasteiger charge is 2.20. The fourth-order valence-corrected chi connectivity index (χ4v) is 0.782. The van der Waals surface area contributed by atoms with E-state index in [9.17, 15) is 9.59 Å². The molecule has 0 aliphatic carbocycles. The Labute approximate surface area is 141 Å². The Morgan fingerprint density at radius 2 is 1.33 bits per heavy atom. The summed E-state index contributed by atoms with van der Waals surface area (Å²) in [4.78, 5) is 19.7. The monoisotopic (exact) mass is 356 g/mol. The summed E-state index contributed by atoms with van der Waals surface area (Å²) >= 11 is 0. The first-order valence-electron chi connectivity index (χ1n) is 7.29. The van der Waals surface area contributed by atoms with E-state index >= 15 is 0 Å². The van der Waals surface area contributed by atoms with Crippen molar-refractivity contribution < 1.29 is 35.1 Å². The van der Waals surface area contributed by atoms with Gasteiger partial charge in [0.2, 0.25) is 0 Å². The summed E-state index contributed by atoms with van der Waals surface area (Å²) in [6.07, 6.45) is 2.16. The number of unbranched alkanes of at least 4 members (excludes halogenated alkanes) is 1. The molecule has 24 heavy (non-hydrogen) atoms. The van der Waals surface area contributed by atoms with Crippen molar-refractivity contribution in [1.82, 2.24) is 0 Å². The summed E-state index contributed by atoms with van der Waals surface area (Å²) in [6.45, 7) is 0.814. The molecule has 0 spiro atoms. The summed E-state index contributed by atoms with van der Waals surface area (Å²) in [7, 11) is 0. The van der Waals surface area contributed by atoms with Gasteiger partial charge in [-0.25, -0.2) is 0 Å². The molecule has 0 saturated carbocycles. The molecule has 0 aromatic heterocycles. The highest BCUT2D eigenvalue weighted by atomic mass is 16.4. The fraction of sp³-hybridized carbons (Fsp3) is 0.846. The molecule has 0 aliphatic heterocycles. The average molecular weight is 356 g/mol. The van der Waals surface area contributed by atoms with Gasteiger partial charge in [-0.1, -0.05) is 6.42 Å². The van der Waals surface area contributed by atoms with Crippen LogP contribution in [0.3, 0.4) is 0 Å². The Hall–Kier alpha value is -1.34. The first-order valence-corrected chi connectivity index (χ1v) is 7.29. The zero-order valence-electron chi connectivity index (χ0n) is 14.0. The number of rotatable bonds is 9. The number of hydrogen-bond acceptors (Lipinski definition) is 9. The number of carboxylic acid groups (broad SMARTS) is 2. The molecule has 11 nitrogen and oxygen atoms in total. The molecule has 2 atom stereocenters. The number of aliphatic hydroxyl groups excluding tert-OH is 3. The van der Waals surface area contributed by atoms with Gasteiger partial charge in [0, 0.05) is 0 Å². The third-order valence-corrected chi connectivity index (χ3v) is 2.62. The molecule has 0 aromatic rings. The smallest absolute Gasteiger partial charge is 0.320 e. The van der Waals surface area contributed by atoms with Crippen LogP contribution in [0.5, 0.6) is 0 Å². The second kappa shape index (κ2) is 16.5. The third-order valence-electron chi connectivity index (χ3n) is 2.62. The standard InChI is InChI=1S/C6H14N2O2.C4H11NO3.C3H7NO2/c7-4-2-1-3-5(8)6(9)10;5-4(1-6,2-7)3-8;1-2(4)3(5)6/h5H,1-4,7-8H2,(H,9,10);6-8H,1-3,5H2;2H,4H2,1H3,(H,5,6)/t5-;;2-/m0.0/s1. The van der Waals surface area contributed by atoms with Gasteiger partial charge in [-0.05, 0) is 26.3 Å². The molecule has 0 radical (unpaired) electrons. The molecule has 146 valence electrons. The van der Waals surface area contributed by atoms with Crippen molar-refractivity contribution in [3.8, 4) is 0 Å². The fourth-order valence-electron chi connectivity index (χ4n) is 0.782. The van der Waals surface area contributed by atoms with Gasteiger partial charge in [0.05, 0.1) is 25.4 Å². The second-order valence-electron chi connectivity index (χ2n) is 5.19. The first-order chi connectivity index (χ1) is 11.0. The lowest BCUT2D eigenvalue weighted by molar-refractivity contribution is -0.139. The number of hydrogen-bond donors (Lipinski definition) is 9. The van der Waals surface area contributed by atoms with Crippen molar-refractivity contribution in [3.63, 3.8) is 0 Å². The van der Waals surface area contributed by atoms with Crippen molar-refractivity contribution in [2.24, 2.45) is 22.9 Å². The highest BCUT2D eigenvalue weighted by molar-refractivity contribution is 5.73. The van der Waals surface area contributed by atoms with Crippen LogP contribution in [0.25, 0.3) is 0 Å². The maximum Gasteiger partial charge on any atom is 0.320 e. The second-order valence-corrected chi connectivity index (χ2v) is 5.19. The van der Waals surface area contributed by atoms with Crippen LogP contribution in [0, 0.1) is 0 Å². The van der Waals surface area contributed by atoms with E-state index in [1.54, 1.807) is 0 Å². The topological polar surface area (TPSA) is 239 Å². The SMILES string of the molecule is C[C@H](N)C(=O)O.NC(CO)(CO)CO.NCCCC[C@H](N)C(=O)O. The van der Waals surface area contributed by atoms with E-state index in [1.165, 1.54) is 6.92 Å². The van der Waals surface area contributed by atoms with E-state index in [4.69, 9.17) is 48.5 Å². The first kappa shape index (κ1) is 27.5. The van der Waals surface area contributed by atoms with Gasteiger partial charge < -0.3 is 48.5 Å². The molecular formula is C13H32N4O7. The van der Waals surface area contributed by atoms with Crippen LogP contribution in [0.1, 0.15) is 26.2 Å². The Balaban J connectivity index is -0.000000285. The molecule has 0 heterocycles. The van der Waals surface area contributed by atoms with Crippen molar-refractivity contribution >= 4 is 11.9 Å². The minimum Gasteiger partial charge on any atom is -0.480 e. The van der Waals surface area contributed by atoms with E-state index < -0.39 is 49.4 Å². The number of carboxylic acids is 2. The summed E-state index contributed by atoms with van der Waals surface area (Å²) in [5, 5.41) is 41.2. The zero-order valence-corrected chi connectivity index (χ0v) is 14.0. The Morgan fingerprint density at radius 3 is 1.50 bits per heavy atom. The van der Waals surface area contributed by atoms with Gasteiger partial charge in [-0.3, -0.25) is 9.59 Å². The van der Waals surface area contributed by atoms with Crippen LogP contribution in [-0.4, -0.2) is 81.5 Å². The molecule has 0 fully saturated rings. The molecule has 11 heteroatoms. The highest BCUT2D eigenvalue weighted by Crippen LogP contribution is 1.97.